The molecule has 1 rings (SSSR count). The van der Waals surface area contributed by atoms with E-state index >= 15 is 0 Å². The van der Waals surface area contributed by atoms with Crippen LogP contribution in [0.15, 0.2) is 29.2 Å². The monoisotopic (exact) mass is 309 g/mol. The van der Waals surface area contributed by atoms with Gasteiger partial charge >= 0.3 is 6.03 Å². The van der Waals surface area contributed by atoms with E-state index in [4.69, 9.17) is 0 Å². The Kier molecular flexibility index (Phi) is 7.85. The summed E-state index contributed by atoms with van der Waals surface area (Å²) in [6, 6.07) is 7.60. The summed E-state index contributed by atoms with van der Waals surface area (Å²) in [6.07, 6.45) is 0. The summed E-state index contributed by atoms with van der Waals surface area (Å²) >= 11 is 1.44. The topological polar surface area (TPSA) is 70.2 Å². The van der Waals surface area contributed by atoms with E-state index in [0.29, 0.717) is 6.54 Å². The average Bonchev–Trinajstić information content (AvgIpc) is 2.45. The molecule has 0 aliphatic carbocycles. The van der Waals surface area contributed by atoms with Gasteiger partial charge in [-0.1, -0.05) is 19.1 Å². The second-order valence-electron chi connectivity index (χ2n) is 4.54. The van der Waals surface area contributed by atoms with Crippen LogP contribution in [0, 0.1) is 0 Å². The van der Waals surface area contributed by atoms with Gasteiger partial charge in [-0.3, -0.25) is 10.1 Å². The number of imide groups is 1. The predicted molar refractivity (Wildman–Crippen MR) is 86.4 cm³/mol. The summed E-state index contributed by atoms with van der Waals surface area (Å²) in [5.41, 5.74) is 1.18. The number of carbonyl (C=O) groups excluding carboxylic acids is 2. The van der Waals surface area contributed by atoms with Gasteiger partial charge in [-0.25, -0.2) is 4.79 Å². The van der Waals surface area contributed by atoms with Crippen LogP contribution in [0.5, 0.6) is 0 Å². The van der Waals surface area contributed by atoms with E-state index in [1.165, 1.54) is 17.3 Å². The van der Waals surface area contributed by atoms with Crippen molar-refractivity contribution in [2.75, 3.05) is 13.1 Å². The zero-order valence-electron chi connectivity index (χ0n) is 12.7. The Morgan fingerprint density at radius 3 is 2.67 bits per heavy atom. The van der Waals surface area contributed by atoms with Gasteiger partial charge in [-0.2, -0.15) is 0 Å². The number of rotatable bonds is 7. The fourth-order valence-electron chi connectivity index (χ4n) is 1.67. The maximum atomic E-state index is 11.9. The van der Waals surface area contributed by atoms with Crippen LogP contribution in [0.25, 0.3) is 0 Å². The number of urea groups is 1. The Hall–Kier alpha value is -1.53. The largest absolute Gasteiger partial charge is 0.338 e. The van der Waals surface area contributed by atoms with Crippen molar-refractivity contribution in [1.82, 2.24) is 16.0 Å². The molecule has 1 atom stereocenters. The number of thioether (sulfide) groups is 1. The summed E-state index contributed by atoms with van der Waals surface area (Å²) in [5, 5.41) is 7.80. The number of amides is 3. The molecule has 1 unspecified atom stereocenters. The molecule has 6 heteroatoms. The Morgan fingerprint density at radius 1 is 1.24 bits per heavy atom. The van der Waals surface area contributed by atoms with Gasteiger partial charge in [-0.15, -0.1) is 11.8 Å². The number of hydrogen-bond donors (Lipinski definition) is 3. The standard InChI is InChI=1S/C15H23N3O2S/c1-4-16-10-12-7-6-8-13(9-12)21-11(3)14(19)18-15(20)17-5-2/h6-9,11,16H,4-5,10H2,1-3H3,(H2,17,18,19,20). The molecule has 21 heavy (non-hydrogen) atoms. The highest BCUT2D eigenvalue weighted by atomic mass is 32.2. The van der Waals surface area contributed by atoms with E-state index in [-0.39, 0.29) is 11.2 Å². The molecule has 0 saturated heterocycles. The first-order valence-corrected chi connectivity index (χ1v) is 7.99. The molecule has 0 aliphatic rings. The fourth-order valence-corrected chi connectivity index (χ4v) is 2.62. The predicted octanol–water partition coefficient (Wildman–Crippen LogP) is 2.12. The lowest BCUT2D eigenvalue weighted by molar-refractivity contribution is -0.119. The summed E-state index contributed by atoms with van der Waals surface area (Å²) < 4.78 is 0. The number of carbonyl (C=O) groups is 2. The molecular weight excluding hydrogens is 286 g/mol. The number of hydrogen-bond acceptors (Lipinski definition) is 4. The van der Waals surface area contributed by atoms with E-state index in [9.17, 15) is 9.59 Å². The van der Waals surface area contributed by atoms with Crippen LogP contribution < -0.4 is 16.0 Å². The van der Waals surface area contributed by atoms with E-state index < -0.39 is 6.03 Å². The van der Waals surface area contributed by atoms with E-state index in [0.717, 1.165) is 18.0 Å². The zero-order valence-corrected chi connectivity index (χ0v) is 13.5. The van der Waals surface area contributed by atoms with Crippen molar-refractivity contribution in [2.24, 2.45) is 0 Å². The first-order chi connectivity index (χ1) is 10.1. The van der Waals surface area contributed by atoms with Crippen molar-refractivity contribution >= 4 is 23.7 Å². The van der Waals surface area contributed by atoms with E-state index in [1.54, 1.807) is 13.8 Å². The van der Waals surface area contributed by atoms with Gasteiger partial charge in [0.15, 0.2) is 0 Å². The molecule has 0 heterocycles. The summed E-state index contributed by atoms with van der Waals surface area (Å²) in [5.74, 6) is -0.289. The molecule has 0 bridgehead atoms. The van der Waals surface area contributed by atoms with Gasteiger partial charge < -0.3 is 10.6 Å². The number of nitrogens with one attached hydrogen (secondary N) is 3. The van der Waals surface area contributed by atoms with Gasteiger partial charge in [0.1, 0.15) is 0 Å². The molecule has 5 nitrogen and oxygen atoms in total. The van der Waals surface area contributed by atoms with Crippen molar-refractivity contribution in [3.05, 3.63) is 29.8 Å². The number of benzene rings is 1. The molecule has 0 spiro atoms. The van der Waals surface area contributed by atoms with Crippen molar-refractivity contribution in [3.63, 3.8) is 0 Å². The normalized spacial score (nSPS) is 11.8. The van der Waals surface area contributed by atoms with Crippen LogP contribution in [-0.2, 0) is 11.3 Å². The SMILES string of the molecule is CCNCc1cccc(SC(C)C(=O)NC(=O)NCC)c1. The van der Waals surface area contributed by atoms with Gasteiger partial charge in [0.05, 0.1) is 5.25 Å². The molecule has 0 aromatic heterocycles. The average molecular weight is 309 g/mol. The summed E-state index contributed by atoms with van der Waals surface area (Å²) in [4.78, 5) is 24.2. The molecule has 1 aromatic rings. The summed E-state index contributed by atoms with van der Waals surface area (Å²) in [6.45, 7) is 7.88. The quantitative estimate of drug-likeness (QED) is 0.675. The van der Waals surface area contributed by atoms with Crippen molar-refractivity contribution in [1.29, 1.82) is 0 Å². The summed E-state index contributed by atoms with van der Waals surface area (Å²) in [7, 11) is 0. The zero-order chi connectivity index (χ0) is 15.7. The third-order valence-electron chi connectivity index (χ3n) is 2.73. The van der Waals surface area contributed by atoms with Crippen molar-refractivity contribution in [3.8, 4) is 0 Å². The molecule has 3 amide bonds. The molecule has 116 valence electrons. The highest BCUT2D eigenvalue weighted by Crippen LogP contribution is 2.24. The van der Waals surface area contributed by atoms with Gasteiger partial charge in [-0.05, 0) is 38.1 Å². The van der Waals surface area contributed by atoms with E-state index in [2.05, 4.69) is 28.9 Å². The highest BCUT2D eigenvalue weighted by Gasteiger charge is 2.16. The maximum Gasteiger partial charge on any atom is 0.321 e. The lowest BCUT2D eigenvalue weighted by Crippen LogP contribution is -2.42. The van der Waals surface area contributed by atoms with Crippen LogP contribution in [0.4, 0.5) is 4.79 Å². The molecule has 0 fully saturated rings. The third kappa shape index (κ3) is 6.64. The molecule has 1 aromatic carbocycles. The molecule has 0 saturated carbocycles. The molecular formula is C15H23N3O2S. The first-order valence-electron chi connectivity index (χ1n) is 7.11. The van der Waals surface area contributed by atoms with Crippen LogP contribution >= 0.6 is 11.8 Å². The van der Waals surface area contributed by atoms with Crippen molar-refractivity contribution < 1.29 is 9.59 Å². The van der Waals surface area contributed by atoms with Gasteiger partial charge in [0, 0.05) is 18.0 Å². The molecule has 3 N–H and O–H groups in total. The van der Waals surface area contributed by atoms with Crippen LogP contribution in [0.2, 0.25) is 0 Å². The first kappa shape index (κ1) is 17.5. The van der Waals surface area contributed by atoms with Gasteiger partial charge in [0.2, 0.25) is 5.91 Å². The Balaban J connectivity index is 2.55. The van der Waals surface area contributed by atoms with Crippen LogP contribution in [0.1, 0.15) is 26.3 Å². The Labute approximate surface area is 130 Å². The Morgan fingerprint density at radius 2 is 2.00 bits per heavy atom. The highest BCUT2D eigenvalue weighted by molar-refractivity contribution is 8.00. The lowest BCUT2D eigenvalue weighted by atomic mass is 10.2. The van der Waals surface area contributed by atoms with Crippen LogP contribution in [-0.4, -0.2) is 30.3 Å². The maximum absolute atomic E-state index is 11.9. The molecule has 0 radical (unpaired) electrons. The van der Waals surface area contributed by atoms with Crippen molar-refractivity contribution in [2.45, 2.75) is 37.5 Å². The Bertz CT molecular complexity index is 480. The van der Waals surface area contributed by atoms with Crippen LogP contribution in [0.3, 0.4) is 0 Å². The second kappa shape index (κ2) is 9.41. The minimum atomic E-state index is -0.448. The minimum absolute atomic E-state index is 0.289. The fraction of sp³-hybridized carbons (Fsp3) is 0.467. The molecule has 0 aliphatic heterocycles. The van der Waals surface area contributed by atoms with Gasteiger partial charge in [0.25, 0.3) is 0 Å². The third-order valence-corrected chi connectivity index (χ3v) is 3.83. The smallest absolute Gasteiger partial charge is 0.321 e. The van der Waals surface area contributed by atoms with E-state index in [1.807, 2.05) is 18.2 Å². The lowest BCUT2D eigenvalue weighted by Gasteiger charge is -2.12. The second-order valence-corrected chi connectivity index (χ2v) is 5.95. The minimum Gasteiger partial charge on any atom is -0.338 e.